The minimum atomic E-state index is -0.199. The molecule has 134 valence electrons. The van der Waals surface area contributed by atoms with E-state index in [0.717, 1.165) is 16.5 Å². The van der Waals surface area contributed by atoms with Gasteiger partial charge in [-0.25, -0.2) is 0 Å². The van der Waals surface area contributed by atoms with Crippen LogP contribution in [0.15, 0.2) is 47.1 Å². The molecule has 0 aliphatic rings. The fourth-order valence-electron chi connectivity index (χ4n) is 2.74. The van der Waals surface area contributed by atoms with E-state index < -0.39 is 0 Å². The summed E-state index contributed by atoms with van der Waals surface area (Å²) in [6.45, 7) is 1.88. The number of hydrogen-bond donors (Lipinski definition) is 2. The fourth-order valence-corrected chi connectivity index (χ4v) is 2.74. The van der Waals surface area contributed by atoms with Crippen LogP contribution in [-0.4, -0.2) is 26.0 Å². The van der Waals surface area contributed by atoms with Crippen molar-refractivity contribution in [3.63, 3.8) is 0 Å². The number of anilines is 1. The second-order valence-corrected chi connectivity index (χ2v) is 5.96. The average molecular weight is 352 g/mol. The van der Waals surface area contributed by atoms with Crippen molar-refractivity contribution in [1.29, 1.82) is 0 Å². The first-order valence-corrected chi connectivity index (χ1v) is 8.18. The van der Waals surface area contributed by atoms with Gasteiger partial charge in [-0.2, -0.15) is 0 Å². The third-order valence-electron chi connectivity index (χ3n) is 4.21. The second-order valence-electron chi connectivity index (χ2n) is 5.96. The molecule has 0 aliphatic heterocycles. The molecule has 0 unspecified atom stereocenters. The van der Waals surface area contributed by atoms with E-state index in [-0.39, 0.29) is 18.2 Å². The highest BCUT2D eigenvalue weighted by Gasteiger charge is 2.13. The molecule has 0 fully saturated rings. The maximum absolute atomic E-state index is 12.5. The van der Waals surface area contributed by atoms with Crippen molar-refractivity contribution in [2.75, 3.05) is 19.5 Å². The lowest BCUT2D eigenvalue weighted by atomic mass is 10.1. The summed E-state index contributed by atoms with van der Waals surface area (Å²) in [5, 5.41) is 6.31. The molecule has 0 bridgehead atoms. The highest BCUT2D eigenvalue weighted by atomic mass is 16.5. The Labute approximate surface area is 151 Å². The molecule has 0 radical (unpaired) electrons. The number of hydrogen-bond acceptors (Lipinski definition) is 4. The average Bonchev–Trinajstić information content (AvgIpc) is 3.04. The molecule has 6 nitrogen and oxygen atoms in total. The van der Waals surface area contributed by atoms with Crippen molar-refractivity contribution in [2.45, 2.75) is 13.3 Å². The van der Waals surface area contributed by atoms with E-state index in [1.165, 1.54) is 0 Å². The van der Waals surface area contributed by atoms with Gasteiger partial charge in [0.25, 0.3) is 5.91 Å². The summed E-state index contributed by atoms with van der Waals surface area (Å²) < 4.78 is 10.7. The molecule has 26 heavy (non-hydrogen) atoms. The molecule has 1 heterocycles. The van der Waals surface area contributed by atoms with Crippen LogP contribution >= 0.6 is 0 Å². The Bertz CT molecular complexity index is 975. The van der Waals surface area contributed by atoms with E-state index in [1.807, 2.05) is 19.1 Å². The molecule has 2 N–H and O–H groups in total. The van der Waals surface area contributed by atoms with Crippen molar-refractivity contribution < 1.29 is 18.7 Å². The van der Waals surface area contributed by atoms with Gasteiger partial charge in [0.2, 0.25) is 5.91 Å². The maximum Gasteiger partial charge on any atom is 0.251 e. The third kappa shape index (κ3) is 3.54. The molecule has 0 atom stereocenters. The number of ether oxygens (including phenoxy) is 1. The standard InChI is InChI=1S/C20H20N2O4/c1-12-4-5-13(20(24)21-2)8-17(12)22-19(23)9-14-11-26-18-10-15(25-3)6-7-16(14)18/h4-8,10-11H,9H2,1-3H3,(H,21,24)(H,22,23). The Balaban J connectivity index is 1.78. The Morgan fingerprint density at radius 3 is 2.69 bits per heavy atom. The van der Waals surface area contributed by atoms with Crippen molar-refractivity contribution in [3.8, 4) is 5.75 Å². The number of nitrogens with one attached hydrogen (secondary N) is 2. The largest absolute Gasteiger partial charge is 0.497 e. The van der Waals surface area contributed by atoms with Crippen LogP contribution in [0.3, 0.4) is 0 Å². The van der Waals surface area contributed by atoms with Crippen molar-refractivity contribution in [2.24, 2.45) is 0 Å². The highest BCUT2D eigenvalue weighted by molar-refractivity contribution is 5.99. The van der Waals surface area contributed by atoms with Gasteiger partial charge in [-0.15, -0.1) is 0 Å². The molecular weight excluding hydrogens is 332 g/mol. The van der Waals surface area contributed by atoms with E-state index in [2.05, 4.69) is 10.6 Å². The van der Waals surface area contributed by atoms with Crippen LogP contribution in [0.5, 0.6) is 5.75 Å². The topological polar surface area (TPSA) is 80.6 Å². The molecule has 3 aromatic rings. The highest BCUT2D eigenvalue weighted by Crippen LogP contribution is 2.26. The number of amides is 2. The molecule has 0 saturated carbocycles. The van der Waals surface area contributed by atoms with Gasteiger partial charge >= 0.3 is 0 Å². The zero-order valence-electron chi connectivity index (χ0n) is 14.9. The van der Waals surface area contributed by atoms with Gasteiger partial charge in [-0.1, -0.05) is 6.07 Å². The Hall–Kier alpha value is -3.28. The molecular formula is C20H20N2O4. The minimum absolute atomic E-state index is 0.170. The van der Waals surface area contributed by atoms with Crippen LogP contribution in [0, 0.1) is 6.92 Å². The number of aryl methyl sites for hydroxylation is 1. The van der Waals surface area contributed by atoms with Gasteiger partial charge in [0, 0.05) is 35.3 Å². The molecule has 2 aromatic carbocycles. The van der Waals surface area contributed by atoms with Crippen LogP contribution in [0.25, 0.3) is 11.0 Å². The van der Waals surface area contributed by atoms with E-state index >= 15 is 0 Å². The molecule has 3 rings (SSSR count). The van der Waals surface area contributed by atoms with Gasteiger partial charge in [0.15, 0.2) is 0 Å². The van der Waals surface area contributed by atoms with Crippen LogP contribution in [0.2, 0.25) is 0 Å². The maximum atomic E-state index is 12.5. The monoisotopic (exact) mass is 352 g/mol. The summed E-state index contributed by atoms with van der Waals surface area (Å²) in [5.41, 5.74) is 3.46. The Morgan fingerprint density at radius 2 is 1.96 bits per heavy atom. The summed E-state index contributed by atoms with van der Waals surface area (Å²) in [6, 6.07) is 10.7. The summed E-state index contributed by atoms with van der Waals surface area (Å²) in [6.07, 6.45) is 1.75. The van der Waals surface area contributed by atoms with Crippen LogP contribution in [0.1, 0.15) is 21.5 Å². The number of fused-ring (bicyclic) bond motifs is 1. The molecule has 0 saturated heterocycles. The van der Waals surface area contributed by atoms with Crippen molar-refractivity contribution in [1.82, 2.24) is 5.32 Å². The molecule has 6 heteroatoms. The van der Waals surface area contributed by atoms with Gasteiger partial charge in [0.05, 0.1) is 19.8 Å². The van der Waals surface area contributed by atoms with Crippen molar-refractivity contribution in [3.05, 3.63) is 59.4 Å². The second kappa shape index (κ2) is 7.31. The lowest BCUT2D eigenvalue weighted by Gasteiger charge is -2.10. The van der Waals surface area contributed by atoms with Crippen LogP contribution in [-0.2, 0) is 11.2 Å². The number of benzene rings is 2. The van der Waals surface area contributed by atoms with E-state index in [4.69, 9.17) is 9.15 Å². The summed E-state index contributed by atoms with van der Waals surface area (Å²) in [5.74, 6) is 0.320. The van der Waals surface area contributed by atoms with Crippen LogP contribution < -0.4 is 15.4 Å². The first-order valence-electron chi connectivity index (χ1n) is 8.18. The predicted octanol–water partition coefficient (Wildman–Crippen LogP) is 3.29. The minimum Gasteiger partial charge on any atom is -0.497 e. The SMILES string of the molecule is CNC(=O)c1ccc(C)c(NC(=O)Cc2coc3cc(OC)ccc23)c1. The van der Waals surface area contributed by atoms with Gasteiger partial charge in [-0.05, 0) is 36.8 Å². The number of rotatable bonds is 5. The van der Waals surface area contributed by atoms with Gasteiger partial charge in [-0.3, -0.25) is 9.59 Å². The Kier molecular flexibility index (Phi) is 4.93. The molecule has 2 amide bonds. The zero-order valence-corrected chi connectivity index (χ0v) is 14.9. The normalized spacial score (nSPS) is 10.6. The van der Waals surface area contributed by atoms with Gasteiger partial charge < -0.3 is 19.8 Å². The third-order valence-corrected chi connectivity index (χ3v) is 4.21. The number of furan rings is 1. The molecule has 1 aromatic heterocycles. The van der Waals surface area contributed by atoms with E-state index in [9.17, 15) is 9.59 Å². The number of carbonyl (C=O) groups is 2. The zero-order chi connectivity index (χ0) is 18.7. The summed E-state index contributed by atoms with van der Waals surface area (Å²) in [7, 11) is 3.16. The first kappa shape index (κ1) is 17.5. The first-order chi connectivity index (χ1) is 12.5. The lowest BCUT2D eigenvalue weighted by Crippen LogP contribution is -2.19. The molecule has 0 spiro atoms. The quantitative estimate of drug-likeness (QED) is 0.738. The van der Waals surface area contributed by atoms with E-state index in [1.54, 1.807) is 44.7 Å². The van der Waals surface area contributed by atoms with Crippen molar-refractivity contribution >= 4 is 28.5 Å². The van der Waals surface area contributed by atoms with Gasteiger partial charge in [0.1, 0.15) is 11.3 Å². The smallest absolute Gasteiger partial charge is 0.251 e. The fraction of sp³-hybridized carbons (Fsp3) is 0.200. The lowest BCUT2D eigenvalue weighted by molar-refractivity contribution is -0.115. The predicted molar refractivity (Wildman–Crippen MR) is 99.7 cm³/mol. The van der Waals surface area contributed by atoms with E-state index in [0.29, 0.717) is 22.6 Å². The Morgan fingerprint density at radius 1 is 1.15 bits per heavy atom. The number of carbonyl (C=O) groups excluding carboxylic acids is 2. The summed E-state index contributed by atoms with van der Waals surface area (Å²) in [4.78, 5) is 24.2. The molecule has 0 aliphatic carbocycles. The van der Waals surface area contributed by atoms with Crippen LogP contribution in [0.4, 0.5) is 5.69 Å². The number of methoxy groups -OCH3 is 1. The summed E-state index contributed by atoms with van der Waals surface area (Å²) >= 11 is 0.